The molecule has 1 aliphatic heterocycles. The van der Waals surface area contributed by atoms with Crippen LogP contribution in [0.1, 0.15) is 39.2 Å². The summed E-state index contributed by atoms with van der Waals surface area (Å²) in [5.74, 6) is 0.182. The minimum absolute atomic E-state index is 0.0371. The van der Waals surface area contributed by atoms with Gasteiger partial charge in [-0.3, -0.25) is 9.47 Å². The maximum absolute atomic E-state index is 12.5. The van der Waals surface area contributed by atoms with Gasteiger partial charge in [0.05, 0.1) is 12.9 Å². The maximum Gasteiger partial charge on any atom is 0.319 e. The number of nitrogen functional groups attached to an aromatic ring is 1. The number of aliphatic hydroxyl groups is 2. The van der Waals surface area contributed by atoms with Gasteiger partial charge < -0.3 is 37.1 Å². The lowest BCUT2D eigenvalue weighted by Gasteiger charge is -2.30. The van der Waals surface area contributed by atoms with E-state index in [0.29, 0.717) is 49.6 Å². The first-order valence-corrected chi connectivity index (χ1v) is 13.6. The number of urea groups is 1. The summed E-state index contributed by atoms with van der Waals surface area (Å²) >= 11 is 0. The fraction of sp³-hybridized carbons (Fsp3) is 0.556. The van der Waals surface area contributed by atoms with E-state index in [1.54, 1.807) is 0 Å². The Balaban J connectivity index is 1.34. The second-order valence-electron chi connectivity index (χ2n) is 11.2. The largest absolute Gasteiger partial charge is 0.385 e. The number of carbonyl (C=O) groups excluding carboxylic acids is 1. The quantitative estimate of drug-likeness (QED) is 0.186. The number of nitrogens with one attached hydrogen (secondary N) is 2. The predicted molar refractivity (Wildman–Crippen MR) is 153 cm³/mol. The molecule has 40 heavy (non-hydrogen) atoms. The highest BCUT2D eigenvalue weighted by atomic mass is 16.5. The molecular formula is C27H41N9O4. The molecule has 3 atom stereocenters. The molecule has 13 nitrogen and oxygen atoms in total. The molecule has 4 rings (SSSR count). The molecule has 2 amide bonds. The highest BCUT2D eigenvalue weighted by Crippen LogP contribution is 2.33. The zero-order valence-corrected chi connectivity index (χ0v) is 23.4. The molecule has 3 aromatic rings. The number of rotatable bonds is 11. The van der Waals surface area contributed by atoms with Crippen molar-refractivity contribution in [3.05, 3.63) is 42.5 Å². The lowest BCUT2D eigenvalue weighted by molar-refractivity contribution is -0.109. The van der Waals surface area contributed by atoms with E-state index < -0.39 is 17.9 Å². The summed E-state index contributed by atoms with van der Waals surface area (Å²) in [6.45, 7) is 8.77. The minimum Gasteiger partial charge on any atom is -0.385 e. The third-order valence-electron chi connectivity index (χ3n) is 7.20. The van der Waals surface area contributed by atoms with E-state index in [9.17, 15) is 15.0 Å². The number of hydrogen-bond donors (Lipinski definition) is 6. The van der Waals surface area contributed by atoms with E-state index in [1.807, 2.05) is 24.3 Å². The number of amides is 2. The number of fused-ring (bicyclic) bond motifs is 1. The van der Waals surface area contributed by atoms with Crippen molar-refractivity contribution in [2.45, 2.75) is 57.0 Å². The van der Waals surface area contributed by atoms with Crippen LogP contribution in [0.5, 0.6) is 0 Å². The number of nitrogens with zero attached hydrogens (tertiary/aromatic N) is 5. The zero-order chi connectivity index (χ0) is 28.9. The van der Waals surface area contributed by atoms with Crippen LogP contribution < -0.4 is 22.1 Å². The number of carbonyl (C=O) groups is 1. The van der Waals surface area contributed by atoms with E-state index in [0.717, 1.165) is 12.8 Å². The van der Waals surface area contributed by atoms with Crippen molar-refractivity contribution in [2.75, 3.05) is 50.4 Å². The monoisotopic (exact) mass is 555 g/mol. The second-order valence-corrected chi connectivity index (χ2v) is 11.2. The van der Waals surface area contributed by atoms with E-state index >= 15 is 0 Å². The topological polar surface area (TPSA) is 190 Å². The molecule has 13 heteroatoms. The Kier molecular flexibility index (Phi) is 9.21. The van der Waals surface area contributed by atoms with E-state index in [4.69, 9.17) is 16.2 Å². The van der Waals surface area contributed by atoms with Gasteiger partial charge in [-0.25, -0.2) is 19.7 Å². The van der Waals surface area contributed by atoms with Crippen molar-refractivity contribution in [1.82, 2.24) is 29.7 Å². The van der Waals surface area contributed by atoms with Gasteiger partial charge in [0.2, 0.25) is 0 Å². The average Bonchev–Trinajstić information content (AvgIpc) is 3.47. The summed E-state index contributed by atoms with van der Waals surface area (Å²) in [6, 6.07) is 7.51. The molecule has 2 aromatic heterocycles. The van der Waals surface area contributed by atoms with Crippen LogP contribution in [0.3, 0.4) is 0 Å². The summed E-state index contributed by atoms with van der Waals surface area (Å²) in [5.41, 5.74) is 12.4. The fourth-order valence-corrected chi connectivity index (χ4v) is 4.79. The first kappa shape index (κ1) is 29.6. The Morgan fingerprint density at radius 2 is 1.95 bits per heavy atom. The number of ether oxygens (including phenoxy) is 1. The Bertz CT molecular complexity index is 1280. The summed E-state index contributed by atoms with van der Waals surface area (Å²) in [6.07, 6.45) is 2.40. The molecule has 1 fully saturated rings. The van der Waals surface area contributed by atoms with Crippen LogP contribution >= 0.6 is 0 Å². The highest BCUT2D eigenvalue weighted by molar-refractivity contribution is 5.89. The lowest BCUT2D eigenvalue weighted by atomic mass is 9.87. The Hall–Kier alpha value is -3.36. The molecule has 1 aliphatic rings. The van der Waals surface area contributed by atoms with Crippen molar-refractivity contribution in [1.29, 1.82) is 0 Å². The van der Waals surface area contributed by atoms with Crippen molar-refractivity contribution in [3.8, 4) is 0 Å². The standard InChI is InChI=1S/C27H41N9O4/c1-26(2,3)18-6-8-19(9-7-18)34-25(38)30-11-13-35(12-5-4-10-28)14-20-22(37)27(39,15-40-20)36-17-33-21-23(29)31-16-32-24(21)36/h6-9,16-17,20,22,37,39H,4-5,10-15,28H2,1-3H3,(H2,29,31,32)(H2,30,34,38)/t20-,22-,27-/m1/s1. The molecule has 0 radical (unpaired) electrons. The first-order valence-electron chi connectivity index (χ1n) is 13.6. The normalized spacial score (nSPS) is 21.3. The second kappa shape index (κ2) is 12.4. The van der Waals surface area contributed by atoms with Gasteiger partial charge in [0.25, 0.3) is 0 Å². The van der Waals surface area contributed by atoms with Crippen LogP contribution in [0.4, 0.5) is 16.3 Å². The van der Waals surface area contributed by atoms with E-state index in [2.05, 4.69) is 51.3 Å². The van der Waals surface area contributed by atoms with Gasteiger partial charge in [-0.1, -0.05) is 32.9 Å². The lowest BCUT2D eigenvalue weighted by Crippen LogP contribution is -2.49. The summed E-state index contributed by atoms with van der Waals surface area (Å²) in [5, 5.41) is 28.3. The molecule has 0 spiro atoms. The minimum atomic E-state index is -1.77. The smallest absolute Gasteiger partial charge is 0.319 e. The molecule has 218 valence electrons. The number of aromatic nitrogens is 4. The number of benzene rings is 1. The first-order chi connectivity index (χ1) is 19.0. The third-order valence-corrected chi connectivity index (χ3v) is 7.20. The number of nitrogens with two attached hydrogens (primary N) is 2. The van der Waals surface area contributed by atoms with Crippen molar-refractivity contribution in [3.63, 3.8) is 0 Å². The molecule has 1 saturated heterocycles. The molecular weight excluding hydrogens is 514 g/mol. The molecule has 0 unspecified atom stereocenters. The van der Waals surface area contributed by atoms with Crippen molar-refractivity contribution < 1.29 is 19.7 Å². The van der Waals surface area contributed by atoms with Crippen LogP contribution in [-0.4, -0.2) is 92.2 Å². The van der Waals surface area contributed by atoms with Gasteiger partial charge in [0.15, 0.2) is 17.2 Å². The van der Waals surface area contributed by atoms with Gasteiger partial charge in [-0.05, 0) is 49.0 Å². The zero-order valence-electron chi connectivity index (χ0n) is 23.4. The Labute approximate surface area is 233 Å². The van der Waals surface area contributed by atoms with Gasteiger partial charge >= 0.3 is 6.03 Å². The van der Waals surface area contributed by atoms with Crippen LogP contribution in [0.25, 0.3) is 11.2 Å². The number of unbranched alkanes of at least 4 members (excludes halogenated alkanes) is 1. The number of aliphatic hydroxyl groups excluding tert-OH is 1. The number of anilines is 2. The molecule has 0 saturated carbocycles. The summed E-state index contributed by atoms with van der Waals surface area (Å²) in [7, 11) is 0. The maximum atomic E-state index is 12.5. The molecule has 0 bridgehead atoms. The SMILES string of the molecule is CC(C)(C)c1ccc(NC(=O)NCCN(CCCCN)C[C@H]2OC[C@](O)(n3cnc4c(N)ncnc43)[C@@H]2O)cc1. The van der Waals surface area contributed by atoms with Gasteiger partial charge in [-0.2, -0.15) is 0 Å². The average molecular weight is 556 g/mol. The summed E-state index contributed by atoms with van der Waals surface area (Å²) < 4.78 is 7.25. The van der Waals surface area contributed by atoms with Crippen LogP contribution in [-0.2, 0) is 15.9 Å². The van der Waals surface area contributed by atoms with Crippen LogP contribution in [0.2, 0.25) is 0 Å². The molecule has 1 aromatic carbocycles. The fourth-order valence-electron chi connectivity index (χ4n) is 4.79. The Morgan fingerprint density at radius 3 is 2.65 bits per heavy atom. The van der Waals surface area contributed by atoms with Gasteiger partial charge in [-0.15, -0.1) is 0 Å². The number of imidazole rings is 1. The molecule has 3 heterocycles. The van der Waals surface area contributed by atoms with Gasteiger partial charge in [0, 0.05) is 25.3 Å². The number of hydrogen-bond acceptors (Lipinski definition) is 10. The van der Waals surface area contributed by atoms with E-state index in [-0.39, 0.29) is 23.9 Å². The van der Waals surface area contributed by atoms with Crippen LogP contribution in [0, 0.1) is 0 Å². The van der Waals surface area contributed by atoms with Crippen LogP contribution in [0.15, 0.2) is 36.9 Å². The molecule has 8 N–H and O–H groups in total. The van der Waals surface area contributed by atoms with Crippen molar-refractivity contribution in [2.24, 2.45) is 5.73 Å². The van der Waals surface area contributed by atoms with Gasteiger partial charge in [0.1, 0.15) is 24.1 Å². The van der Waals surface area contributed by atoms with E-state index in [1.165, 1.54) is 22.8 Å². The predicted octanol–water partition coefficient (Wildman–Crippen LogP) is 0.973. The summed E-state index contributed by atoms with van der Waals surface area (Å²) in [4.78, 5) is 26.9. The third kappa shape index (κ3) is 6.67. The van der Waals surface area contributed by atoms with Crippen molar-refractivity contribution >= 4 is 28.7 Å². The molecule has 0 aliphatic carbocycles. The Morgan fingerprint density at radius 1 is 1.20 bits per heavy atom. The highest BCUT2D eigenvalue weighted by Gasteiger charge is 2.50.